The normalized spacial score (nSPS) is 11.9. The third-order valence-corrected chi connectivity index (χ3v) is 2.88. The van der Waals surface area contributed by atoms with Crippen LogP contribution >= 0.6 is 15.9 Å². The number of benzene rings is 1. The molecule has 1 aromatic rings. The van der Waals surface area contributed by atoms with Gasteiger partial charge in [0.25, 0.3) is 5.92 Å². The Morgan fingerprint density at radius 3 is 2.33 bits per heavy atom. The summed E-state index contributed by atoms with van der Waals surface area (Å²) in [7, 11) is 1.50. The van der Waals surface area contributed by atoms with Gasteiger partial charge >= 0.3 is 0 Å². The second-order valence-electron chi connectivity index (χ2n) is 3.63. The van der Waals surface area contributed by atoms with Gasteiger partial charge in [-0.2, -0.15) is 0 Å². The summed E-state index contributed by atoms with van der Waals surface area (Å²) < 4.78 is 32.8. The minimum absolute atomic E-state index is 0.00479. The van der Waals surface area contributed by atoms with Crippen molar-refractivity contribution in [2.24, 2.45) is 5.92 Å². The van der Waals surface area contributed by atoms with Gasteiger partial charge in [0.15, 0.2) is 0 Å². The Hall–Kier alpha value is -0.640. The van der Waals surface area contributed by atoms with Crippen molar-refractivity contribution in [1.29, 1.82) is 0 Å². The van der Waals surface area contributed by atoms with Crippen molar-refractivity contribution in [1.82, 2.24) is 0 Å². The van der Waals surface area contributed by atoms with E-state index in [4.69, 9.17) is 4.74 Å². The van der Waals surface area contributed by atoms with Crippen LogP contribution in [0.3, 0.4) is 0 Å². The first kappa shape index (κ1) is 12.4. The van der Waals surface area contributed by atoms with Gasteiger partial charge in [-0.15, -0.1) is 0 Å². The zero-order valence-corrected chi connectivity index (χ0v) is 10.4. The van der Waals surface area contributed by atoms with Gasteiger partial charge in [-0.1, -0.05) is 13.8 Å². The van der Waals surface area contributed by atoms with Crippen molar-refractivity contribution in [3.63, 3.8) is 0 Å². The molecular weight excluding hydrogens is 266 g/mol. The maximum absolute atomic E-state index is 13.6. The highest BCUT2D eigenvalue weighted by molar-refractivity contribution is 9.10. The lowest BCUT2D eigenvalue weighted by Crippen LogP contribution is -2.20. The predicted molar refractivity (Wildman–Crippen MR) is 59.4 cm³/mol. The van der Waals surface area contributed by atoms with E-state index in [2.05, 4.69) is 15.9 Å². The first-order chi connectivity index (χ1) is 6.89. The van der Waals surface area contributed by atoms with Crippen molar-refractivity contribution in [2.45, 2.75) is 19.8 Å². The Morgan fingerprint density at radius 2 is 1.93 bits per heavy atom. The molecule has 0 saturated carbocycles. The van der Waals surface area contributed by atoms with Crippen LogP contribution in [0, 0.1) is 5.92 Å². The Labute approximate surface area is 96.6 Å². The molecule has 1 nitrogen and oxygen atoms in total. The molecule has 0 spiro atoms. The number of ether oxygens (including phenoxy) is 1. The molecule has 0 saturated heterocycles. The topological polar surface area (TPSA) is 9.23 Å². The number of methoxy groups -OCH3 is 1. The summed E-state index contributed by atoms with van der Waals surface area (Å²) in [5.41, 5.74) is 0.00479. The first-order valence-electron chi connectivity index (χ1n) is 4.61. The number of alkyl halides is 2. The van der Waals surface area contributed by atoms with Gasteiger partial charge in [-0.3, -0.25) is 0 Å². The van der Waals surface area contributed by atoms with Gasteiger partial charge in [-0.05, 0) is 34.1 Å². The van der Waals surface area contributed by atoms with Gasteiger partial charge in [0.2, 0.25) is 0 Å². The van der Waals surface area contributed by atoms with Crippen molar-refractivity contribution < 1.29 is 13.5 Å². The van der Waals surface area contributed by atoms with Crippen LogP contribution in [-0.4, -0.2) is 7.11 Å². The molecule has 4 heteroatoms. The summed E-state index contributed by atoms with van der Waals surface area (Å²) in [4.78, 5) is 0. The standard InChI is InChI=1S/C11H13BrF2O/c1-7(2)11(13,14)8-4-5-10(15-3)9(12)6-8/h4-7H,1-3H3. The lowest BCUT2D eigenvalue weighted by molar-refractivity contribution is -0.0514. The van der Waals surface area contributed by atoms with E-state index in [1.165, 1.54) is 39.2 Å². The van der Waals surface area contributed by atoms with E-state index < -0.39 is 11.8 Å². The fraction of sp³-hybridized carbons (Fsp3) is 0.455. The smallest absolute Gasteiger partial charge is 0.275 e. The van der Waals surface area contributed by atoms with E-state index in [1.54, 1.807) is 0 Å². The highest BCUT2D eigenvalue weighted by Gasteiger charge is 2.35. The molecule has 1 rings (SSSR count). The second kappa shape index (κ2) is 4.47. The highest BCUT2D eigenvalue weighted by Crippen LogP contribution is 2.38. The molecule has 0 heterocycles. The zero-order chi connectivity index (χ0) is 11.6. The Morgan fingerprint density at radius 1 is 1.33 bits per heavy atom. The number of hydrogen-bond acceptors (Lipinski definition) is 1. The van der Waals surface area contributed by atoms with Crippen LogP contribution in [-0.2, 0) is 5.92 Å². The molecule has 0 radical (unpaired) electrons. The molecule has 0 aliphatic carbocycles. The van der Waals surface area contributed by atoms with Crippen molar-refractivity contribution >= 4 is 15.9 Å². The van der Waals surface area contributed by atoms with Crippen LogP contribution in [0.15, 0.2) is 22.7 Å². The minimum atomic E-state index is -2.81. The summed E-state index contributed by atoms with van der Waals surface area (Å²) >= 11 is 3.19. The SMILES string of the molecule is COc1ccc(C(F)(F)C(C)C)cc1Br. The van der Waals surface area contributed by atoms with E-state index >= 15 is 0 Å². The molecule has 1 aromatic carbocycles. The molecule has 84 valence electrons. The van der Waals surface area contributed by atoms with Gasteiger partial charge in [0.05, 0.1) is 11.6 Å². The first-order valence-corrected chi connectivity index (χ1v) is 5.40. The van der Waals surface area contributed by atoms with Gasteiger partial charge in [0.1, 0.15) is 5.75 Å². The van der Waals surface area contributed by atoms with Crippen LogP contribution < -0.4 is 4.74 Å². The van der Waals surface area contributed by atoms with Crippen LogP contribution in [0.1, 0.15) is 19.4 Å². The summed E-state index contributed by atoms with van der Waals surface area (Å²) in [5.74, 6) is -2.98. The number of rotatable bonds is 3. The van der Waals surface area contributed by atoms with Crippen molar-refractivity contribution in [3.05, 3.63) is 28.2 Å². The lowest BCUT2D eigenvalue weighted by atomic mass is 9.98. The van der Waals surface area contributed by atoms with Crippen molar-refractivity contribution in [3.8, 4) is 5.75 Å². The predicted octanol–water partition coefficient (Wildman–Crippen LogP) is 4.21. The molecule has 0 aliphatic rings. The molecule has 0 fully saturated rings. The van der Waals surface area contributed by atoms with E-state index in [-0.39, 0.29) is 5.56 Å². The maximum atomic E-state index is 13.6. The molecule has 0 N–H and O–H groups in total. The summed E-state index contributed by atoms with van der Waals surface area (Å²) in [6.45, 7) is 3.00. The van der Waals surface area contributed by atoms with E-state index in [9.17, 15) is 8.78 Å². The lowest BCUT2D eigenvalue weighted by Gasteiger charge is -2.21. The summed E-state index contributed by atoms with van der Waals surface area (Å²) in [5, 5.41) is 0. The molecule has 0 amide bonds. The van der Waals surface area contributed by atoms with Gasteiger partial charge in [0, 0.05) is 11.5 Å². The Bertz CT molecular complexity index is 350. The van der Waals surface area contributed by atoms with Gasteiger partial charge < -0.3 is 4.74 Å². The van der Waals surface area contributed by atoms with E-state index in [0.29, 0.717) is 10.2 Å². The molecule has 0 aromatic heterocycles. The van der Waals surface area contributed by atoms with Crippen LogP contribution in [0.2, 0.25) is 0 Å². The minimum Gasteiger partial charge on any atom is -0.496 e. The quantitative estimate of drug-likeness (QED) is 0.805. The monoisotopic (exact) mass is 278 g/mol. The Balaban J connectivity index is 3.12. The fourth-order valence-electron chi connectivity index (χ4n) is 1.21. The van der Waals surface area contributed by atoms with Crippen molar-refractivity contribution in [2.75, 3.05) is 7.11 Å². The summed E-state index contributed by atoms with van der Waals surface area (Å²) in [6.07, 6.45) is 0. The molecule has 15 heavy (non-hydrogen) atoms. The number of hydrogen-bond donors (Lipinski definition) is 0. The summed E-state index contributed by atoms with van der Waals surface area (Å²) in [6, 6.07) is 4.33. The Kier molecular flexibility index (Phi) is 3.71. The average molecular weight is 279 g/mol. The molecule has 0 bridgehead atoms. The number of halogens is 3. The highest BCUT2D eigenvalue weighted by atomic mass is 79.9. The second-order valence-corrected chi connectivity index (χ2v) is 4.48. The fourth-order valence-corrected chi connectivity index (χ4v) is 1.75. The van der Waals surface area contributed by atoms with Crippen LogP contribution in [0.5, 0.6) is 5.75 Å². The van der Waals surface area contributed by atoms with Crippen LogP contribution in [0.4, 0.5) is 8.78 Å². The van der Waals surface area contributed by atoms with E-state index in [0.717, 1.165) is 0 Å². The molecule has 0 unspecified atom stereocenters. The third-order valence-electron chi connectivity index (χ3n) is 2.26. The average Bonchev–Trinajstić information content (AvgIpc) is 2.17. The largest absolute Gasteiger partial charge is 0.496 e. The molecule has 0 atom stereocenters. The van der Waals surface area contributed by atoms with Crippen LogP contribution in [0.25, 0.3) is 0 Å². The maximum Gasteiger partial charge on any atom is 0.275 e. The molecular formula is C11H13BrF2O. The third kappa shape index (κ3) is 2.48. The molecule has 0 aliphatic heterocycles. The zero-order valence-electron chi connectivity index (χ0n) is 8.85. The van der Waals surface area contributed by atoms with E-state index in [1.807, 2.05) is 0 Å². The van der Waals surface area contributed by atoms with Gasteiger partial charge in [-0.25, -0.2) is 8.78 Å².